The number of amides is 2. The van der Waals surface area contributed by atoms with E-state index in [0.717, 1.165) is 49.9 Å². The van der Waals surface area contributed by atoms with Gasteiger partial charge in [-0.05, 0) is 53.4 Å². The lowest BCUT2D eigenvalue weighted by molar-refractivity contribution is -0.132. The number of carbonyl (C=O) groups excluding carboxylic acids is 2. The van der Waals surface area contributed by atoms with Gasteiger partial charge in [-0.25, -0.2) is 4.98 Å². The van der Waals surface area contributed by atoms with Crippen molar-refractivity contribution in [1.82, 2.24) is 20.6 Å². The lowest BCUT2D eigenvalue weighted by Gasteiger charge is -2.33. The van der Waals surface area contributed by atoms with E-state index in [0.29, 0.717) is 11.4 Å². The zero-order valence-corrected chi connectivity index (χ0v) is 16.7. The van der Waals surface area contributed by atoms with Crippen LogP contribution in [0, 0.1) is 20.8 Å². The van der Waals surface area contributed by atoms with E-state index in [1.807, 2.05) is 20.8 Å². The summed E-state index contributed by atoms with van der Waals surface area (Å²) in [6, 6.07) is -0.175. The number of ether oxygens (including phenoxy) is 1. The number of nitrogens with zero attached hydrogens (tertiary/aromatic N) is 2. The smallest absolute Gasteiger partial charge is 0.272 e. The molecule has 2 amide bonds. The van der Waals surface area contributed by atoms with Gasteiger partial charge in [-0.15, -0.1) is 0 Å². The monoisotopic (exact) mass is 374 g/mol. The van der Waals surface area contributed by atoms with E-state index < -0.39 is 0 Å². The fourth-order valence-corrected chi connectivity index (χ4v) is 3.91. The van der Waals surface area contributed by atoms with Crippen LogP contribution in [-0.4, -0.2) is 46.1 Å². The molecule has 2 heterocycles. The molecule has 0 radical (unpaired) electrons. The topological polar surface area (TPSA) is 93.2 Å². The molecule has 1 aromatic rings. The molecule has 7 nitrogen and oxygen atoms in total. The normalized spacial score (nSPS) is 28.0. The minimum absolute atomic E-state index is 0.0624. The van der Waals surface area contributed by atoms with Gasteiger partial charge in [0.1, 0.15) is 11.8 Å². The van der Waals surface area contributed by atoms with Crippen LogP contribution in [0.25, 0.3) is 0 Å². The van der Waals surface area contributed by atoms with Crippen LogP contribution in [0.3, 0.4) is 0 Å². The fraction of sp³-hybridized carbons (Fsp3) is 0.700. The summed E-state index contributed by atoms with van der Waals surface area (Å²) in [5.74, 6) is -0.285. The van der Waals surface area contributed by atoms with Gasteiger partial charge in [-0.2, -0.15) is 0 Å². The first-order valence-corrected chi connectivity index (χ1v) is 9.93. The summed E-state index contributed by atoms with van der Waals surface area (Å²) in [5.41, 5.74) is 2.58. The molecule has 148 valence electrons. The lowest BCUT2D eigenvalue weighted by Crippen LogP contribution is -2.55. The van der Waals surface area contributed by atoms with E-state index in [9.17, 15) is 9.59 Å². The third kappa shape index (κ3) is 4.64. The third-order valence-corrected chi connectivity index (χ3v) is 5.63. The molecule has 2 fully saturated rings. The molecule has 0 aromatic carbocycles. The van der Waals surface area contributed by atoms with Gasteiger partial charge in [0.05, 0.1) is 23.2 Å². The summed E-state index contributed by atoms with van der Waals surface area (Å²) in [6.07, 6.45) is 5.21. The van der Waals surface area contributed by atoms with Crippen molar-refractivity contribution in [2.75, 3.05) is 0 Å². The number of hydrogen-bond acceptors (Lipinski definition) is 5. The number of aromatic nitrogens is 2. The Morgan fingerprint density at radius 3 is 2.15 bits per heavy atom. The number of hydrogen-bond donors (Lipinski definition) is 2. The summed E-state index contributed by atoms with van der Waals surface area (Å²) >= 11 is 0. The maximum absolute atomic E-state index is 12.8. The standard InChI is InChI=1S/C20H30N4O3/c1-11-9-10-17(27-11)19(25)23-15-7-5-6-8-16(15)24-20(26)18-14(4)21-12(2)13(3)22-18/h11,15-17H,5-10H2,1-4H3,(H,23,25)(H,24,26)/t11-,15+,16+,17-/m1/s1. The molecule has 0 spiro atoms. The van der Waals surface area contributed by atoms with Gasteiger partial charge >= 0.3 is 0 Å². The van der Waals surface area contributed by atoms with Crippen LogP contribution in [-0.2, 0) is 9.53 Å². The molecule has 1 aliphatic carbocycles. The second kappa shape index (κ2) is 8.33. The van der Waals surface area contributed by atoms with Crippen molar-refractivity contribution < 1.29 is 14.3 Å². The largest absolute Gasteiger partial charge is 0.365 e. The number of aryl methyl sites for hydroxylation is 3. The molecule has 7 heteroatoms. The Hall–Kier alpha value is -2.02. The van der Waals surface area contributed by atoms with Gasteiger partial charge < -0.3 is 15.4 Å². The van der Waals surface area contributed by atoms with Crippen molar-refractivity contribution in [3.05, 3.63) is 22.8 Å². The van der Waals surface area contributed by atoms with Crippen LogP contribution in [0.2, 0.25) is 0 Å². The van der Waals surface area contributed by atoms with E-state index >= 15 is 0 Å². The first-order chi connectivity index (χ1) is 12.8. The second-order valence-corrected chi connectivity index (χ2v) is 7.82. The Morgan fingerprint density at radius 2 is 1.52 bits per heavy atom. The first kappa shape index (κ1) is 19.7. The molecular weight excluding hydrogens is 344 g/mol. The molecule has 1 saturated carbocycles. The zero-order valence-electron chi connectivity index (χ0n) is 16.7. The molecule has 0 bridgehead atoms. The van der Waals surface area contributed by atoms with Crippen molar-refractivity contribution >= 4 is 11.8 Å². The van der Waals surface area contributed by atoms with Crippen LogP contribution < -0.4 is 10.6 Å². The average molecular weight is 374 g/mol. The molecule has 3 rings (SSSR count). The van der Waals surface area contributed by atoms with Crippen molar-refractivity contribution in [2.24, 2.45) is 0 Å². The van der Waals surface area contributed by atoms with E-state index in [4.69, 9.17) is 4.74 Å². The molecule has 2 aliphatic rings. The van der Waals surface area contributed by atoms with Crippen molar-refractivity contribution in [3.63, 3.8) is 0 Å². The van der Waals surface area contributed by atoms with Gasteiger partial charge in [-0.1, -0.05) is 12.8 Å². The highest BCUT2D eigenvalue weighted by atomic mass is 16.5. The molecule has 0 unspecified atom stereocenters. The summed E-state index contributed by atoms with van der Waals surface area (Å²) in [6.45, 7) is 7.53. The molecule has 1 aromatic heterocycles. The van der Waals surface area contributed by atoms with Crippen LogP contribution >= 0.6 is 0 Å². The summed E-state index contributed by atoms with van der Waals surface area (Å²) in [7, 11) is 0. The van der Waals surface area contributed by atoms with Crippen molar-refractivity contribution in [2.45, 2.75) is 90.5 Å². The zero-order chi connectivity index (χ0) is 19.6. The Morgan fingerprint density at radius 1 is 0.889 bits per heavy atom. The fourth-order valence-electron chi connectivity index (χ4n) is 3.91. The number of rotatable bonds is 4. The van der Waals surface area contributed by atoms with Crippen molar-refractivity contribution in [3.8, 4) is 0 Å². The van der Waals surface area contributed by atoms with Gasteiger partial charge in [-0.3, -0.25) is 14.6 Å². The molecule has 2 N–H and O–H groups in total. The molecule has 1 saturated heterocycles. The molecule has 27 heavy (non-hydrogen) atoms. The average Bonchev–Trinajstić information content (AvgIpc) is 3.06. The minimum atomic E-state index is -0.369. The quantitative estimate of drug-likeness (QED) is 0.842. The van der Waals surface area contributed by atoms with E-state index in [1.165, 1.54) is 0 Å². The highest BCUT2D eigenvalue weighted by Crippen LogP contribution is 2.22. The Bertz CT molecular complexity index is 721. The highest BCUT2D eigenvalue weighted by molar-refractivity contribution is 5.93. The SMILES string of the molecule is Cc1nc(C)c(C(=O)N[C@H]2CCCC[C@@H]2NC(=O)[C@H]2CC[C@@H](C)O2)nc1C. The van der Waals surface area contributed by atoms with Crippen molar-refractivity contribution in [1.29, 1.82) is 0 Å². The predicted octanol–water partition coefficient (Wildman–Crippen LogP) is 2.13. The van der Waals surface area contributed by atoms with Crippen LogP contribution in [0.4, 0.5) is 0 Å². The molecular formula is C20H30N4O3. The highest BCUT2D eigenvalue weighted by Gasteiger charge is 2.33. The maximum Gasteiger partial charge on any atom is 0.272 e. The van der Waals surface area contributed by atoms with Gasteiger partial charge in [0.15, 0.2) is 0 Å². The minimum Gasteiger partial charge on any atom is -0.365 e. The predicted molar refractivity (Wildman–Crippen MR) is 101 cm³/mol. The third-order valence-electron chi connectivity index (χ3n) is 5.63. The van der Waals surface area contributed by atoms with Gasteiger partial charge in [0.2, 0.25) is 5.91 Å². The first-order valence-electron chi connectivity index (χ1n) is 9.93. The second-order valence-electron chi connectivity index (χ2n) is 7.82. The van der Waals surface area contributed by atoms with Gasteiger partial charge in [0, 0.05) is 12.1 Å². The molecule has 4 atom stereocenters. The maximum atomic E-state index is 12.8. The summed E-state index contributed by atoms with van der Waals surface area (Å²) < 4.78 is 5.67. The summed E-state index contributed by atoms with van der Waals surface area (Å²) in [5, 5.41) is 6.19. The Balaban J connectivity index is 1.66. The molecule has 1 aliphatic heterocycles. The van der Waals surface area contributed by atoms with Crippen LogP contribution in [0.1, 0.15) is 73.0 Å². The summed E-state index contributed by atoms with van der Waals surface area (Å²) in [4.78, 5) is 34.1. The number of carbonyl (C=O) groups is 2. The number of nitrogens with one attached hydrogen (secondary N) is 2. The lowest BCUT2D eigenvalue weighted by atomic mass is 9.90. The van der Waals surface area contributed by atoms with Gasteiger partial charge in [0.25, 0.3) is 5.91 Å². The van der Waals surface area contributed by atoms with E-state index in [-0.39, 0.29) is 36.1 Å². The van der Waals surface area contributed by atoms with Crippen LogP contribution in [0.5, 0.6) is 0 Å². The Kier molecular flexibility index (Phi) is 6.09. The van der Waals surface area contributed by atoms with Crippen LogP contribution in [0.15, 0.2) is 0 Å². The van der Waals surface area contributed by atoms with E-state index in [2.05, 4.69) is 20.6 Å². The van der Waals surface area contributed by atoms with E-state index in [1.54, 1.807) is 6.92 Å². The Labute approximate surface area is 160 Å².